The van der Waals surface area contributed by atoms with Crippen LogP contribution >= 0.6 is 0 Å². The van der Waals surface area contributed by atoms with Crippen LogP contribution in [0, 0.1) is 0 Å². The summed E-state index contributed by atoms with van der Waals surface area (Å²) in [6, 6.07) is 7.69. The van der Waals surface area contributed by atoms with E-state index in [-0.39, 0.29) is 11.8 Å². The molecule has 2 aromatic rings. The van der Waals surface area contributed by atoms with Crippen LogP contribution in [0.4, 0.5) is 0 Å². The van der Waals surface area contributed by atoms with Gasteiger partial charge in [0.05, 0.1) is 0 Å². The Morgan fingerprint density at radius 2 is 2.16 bits per heavy atom. The zero-order valence-corrected chi connectivity index (χ0v) is 10.6. The molecule has 19 heavy (non-hydrogen) atoms. The van der Waals surface area contributed by atoms with E-state index >= 15 is 0 Å². The van der Waals surface area contributed by atoms with Gasteiger partial charge in [0.25, 0.3) is 5.91 Å². The number of piperidine rings is 1. The van der Waals surface area contributed by atoms with Gasteiger partial charge in [-0.3, -0.25) is 14.9 Å². The topological polar surface area (TPSA) is 60.3 Å². The molecule has 1 fully saturated rings. The molecule has 2 heterocycles. The molecule has 1 aliphatic rings. The lowest BCUT2D eigenvalue weighted by Gasteiger charge is -2.21. The van der Waals surface area contributed by atoms with Gasteiger partial charge in [-0.2, -0.15) is 0 Å². The van der Waals surface area contributed by atoms with Gasteiger partial charge in [0, 0.05) is 37.0 Å². The van der Waals surface area contributed by atoms with Crippen molar-refractivity contribution in [1.82, 2.24) is 9.88 Å². The van der Waals surface area contributed by atoms with E-state index in [0.717, 1.165) is 10.9 Å². The number of nitrogens with zero attached hydrogens (tertiary/aromatic N) is 1. The maximum Gasteiger partial charge on any atom is 0.267 e. The fraction of sp³-hybridized carbons (Fsp3) is 0.286. The summed E-state index contributed by atoms with van der Waals surface area (Å²) in [6.45, 7) is 0. The third-order valence-electron chi connectivity index (χ3n) is 3.32. The van der Waals surface area contributed by atoms with Crippen LogP contribution in [0.5, 0.6) is 5.75 Å². The molecule has 5 nitrogen and oxygen atoms in total. The molecular formula is C14H14N2O3. The summed E-state index contributed by atoms with van der Waals surface area (Å²) >= 11 is 0. The van der Waals surface area contributed by atoms with Crippen molar-refractivity contribution in [2.24, 2.45) is 7.05 Å². The van der Waals surface area contributed by atoms with E-state index in [1.165, 1.54) is 0 Å². The van der Waals surface area contributed by atoms with Crippen molar-refractivity contribution in [2.45, 2.75) is 18.9 Å². The van der Waals surface area contributed by atoms with Crippen LogP contribution in [0.1, 0.15) is 12.8 Å². The minimum Gasteiger partial charge on any atom is -0.481 e. The van der Waals surface area contributed by atoms with Gasteiger partial charge in [-0.05, 0) is 24.3 Å². The highest BCUT2D eigenvalue weighted by Gasteiger charge is 2.28. The molecule has 1 atom stereocenters. The lowest BCUT2D eigenvalue weighted by atomic mass is 10.1. The van der Waals surface area contributed by atoms with Gasteiger partial charge in [0.1, 0.15) is 5.75 Å². The fourth-order valence-corrected chi connectivity index (χ4v) is 2.28. The SMILES string of the molecule is Cn1ccc2cc(OC3CCC(=O)NC3=O)ccc21. The third-order valence-corrected chi connectivity index (χ3v) is 3.32. The first-order valence-electron chi connectivity index (χ1n) is 6.19. The number of amides is 2. The number of aryl methyl sites for hydroxylation is 1. The Labute approximate surface area is 110 Å². The lowest BCUT2D eigenvalue weighted by Crippen LogP contribution is -2.46. The van der Waals surface area contributed by atoms with E-state index in [1.807, 2.05) is 42.1 Å². The molecule has 0 aliphatic carbocycles. The normalized spacial score (nSPS) is 19.5. The number of aromatic nitrogens is 1. The van der Waals surface area contributed by atoms with Crippen molar-refractivity contribution in [3.8, 4) is 5.75 Å². The summed E-state index contributed by atoms with van der Waals surface area (Å²) in [5.41, 5.74) is 1.11. The summed E-state index contributed by atoms with van der Waals surface area (Å²) < 4.78 is 7.68. The number of imide groups is 1. The molecule has 1 aromatic heterocycles. The molecule has 5 heteroatoms. The molecule has 3 rings (SSSR count). The van der Waals surface area contributed by atoms with Gasteiger partial charge in [0.2, 0.25) is 5.91 Å². The van der Waals surface area contributed by atoms with Crippen LogP contribution in [0.3, 0.4) is 0 Å². The molecule has 0 radical (unpaired) electrons. The quantitative estimate of drug-likeness (QED) is 0.827. The molecule has 1 saturated heterocycles. The van der Waals surface area contributed by atoms with E-state index in [0.29, 0.717) is 18.6 Å². The third kappa shape index (κ3) is 2.19. The minimum atomic E-state index is -0.584. The summed E-state index contributed by atoms with van der Waals surface area (Å²) in [5, 5.41) is 3.35. The van der Waals surface area contributed by atoms with Crippen molar-refractivity contribution in [3.63, 3.8) is 0 Å². The average Bonchev–Trinajstić information content (AvgIpc) is 2.74. The van der Waals surface area contributed by atoms with Crippen LogP contribution in [-0.4, -0.2) is 22.5 Å². The van der Waals surface area contributed by atoms with Gasteiger partial charge in [-0.15, -0.1) is 0 Å². The number of benzene rings is 1. The molecule has 1 aliphatic heterocycles. The maximum absolute atomic E-state index is 11.6. The van der Waals surface area contributed by atoms with E-state index in [4.69, 9.17) is 4.74 Å². The standard InChI is InChI=1S/C14H14N2O3/c1-16-7-6-9-8-10(2-3-11(9)16)19-12-4-5-13(17)15-14(12)18/h2-3,6-8,12H,4-5H2,1H3,(H,15,17,18). The Bertz CT molecular complexity index is 660. The molecule has 98 valence electrons. The highest BCUT2D eigenvalue weighted by Crippen LogP contribution is 2.23. The lowest BCUT2D eigenvalue weighted by molar-refractivity contribution is -0.138. The predicted octanol–water partition coefficient (Wildman–Crippen LogP) is 1.36. The van der Waals surface area contributed by atoms with E-state index in [1.54, 1.807) is 0 Å². The van der Waals surface area contributed by atoms with E-state index < -0.39 is 6.10 Å². The molecule has 0 spiro atoms. The highest BCUT2D eigenvalue weighted by atomic mass is 16.5. The fourth-order valence-electron chi connectivity index (χ4n) is 2.28. The number of hydrogen-bond acceptors (Lipinski definition) is 3. The summed E-state index contributed by atoms with van der Waals surface area (Å²) in [6.07, 6.45) is 2.14. The van der Waals surface area contributed by atoms with Crippen LogP contribution in [0.2, 0.25) is 0 Å². The van der Waals surface area contributed by atoms with Crippen molar-refractivity contribution in [2.75, 3.05) is 0 Å². The average molecular weight is 258 g/mol. The van der Waals surface area contributed by atoms with Crippen LogP contribution < -0.4 is 10.1 Å². The van der Waals surface area contributed by atoms with Gasteiger partial charge in [0.15, 0.2) is 6.10 Å². The first-order chi connectivity index (χ1) is 9.13. The Balaban J connectivity index is 1.81. The molecule has 1 unspecified atom stereocenters. The Morgan fingerprint density at radius 3 is 2.95 bits per heavy atom. The minimum absolute atomic E-state index is 0.233. The monoisotopic (exact) mass is 258 g/mol. The van der Waals surface area contributed by atoms with Gasteiger partial charge >= 0.3 is 0 Å². The van der Waals surface area contributed by atoms with Crippen LogP contribution in [-0.2, 0) is 16.6 Å². The van der Waals surface area contributed by atoms with Crippen molar-refractivity contribution < 1.29 is 14.3 Å². The summed E-state index contributed by atoms with van der Waals surface area (Å²) in [7, 11) is 1.98. The summed E-state index contributed by atoms with van der Waals surface area (Å²) in [4.78, 5) is 22.7. The number of carbonyl (C=O) groups excluding carboxylic acids is 2. The number of rotatable bonds is 2. The maximum atomic E-state index is 11.6. The molecule has 1 aromatic carbocycles. The summed E-state index contributed by atoms with van der Waals surface area (Å²) in [5.74, 6) is 0.0565. The van der Waals surface area contributed by atoms with Crippen LogP contribution in [0.15, 0.2) is 30.5 Å². The zero-order valence-electron chi connectivity index (χ0n) is 10.6. The number of ether oxygens (including phenoxy) is 1. The van der Waals surface area contributed by atoms with Gasteiger partial charge in [-0.25, -0.2) is 0 Å². The molecule has 0 bridgehead atoms. The van der Waals surface area contributed by atoms with E-state index in [9.17, 15) is 9.59 Å². The van der Waals surface area contributed by atoms with Gasteiger partial charge < -0.3 is 9.30 Å². The van der Waals surface area contributed by atoms with Crippen LogP contribution in [0.25, 0.3) is 10.9 Å². The first-order valence-corrected chi connectivity index (χ1v) is 6.19. The van der Waals surface area contributed by atoms with E-state index in [2.05, 4.69) is 5.32 Å². The van der Waals surface area contributed by atoms with Crippen molar-refractivity contribution in [1.29, 1.82) is 0 Å². The zero-order chi connectivity index (χ0) is 13.4. The Kier molecular flexibility index (Phi) is 2.74. The molecule has 2 amide bonds. The molecule has 0 saturated carbocycles. The Hall–Kier alpha value is -2.30. The predicted molar refractivity (Wildman–Crippen MR) is 69.7 cm³/mol. The largest absolute Gasteiger partial charge is 0.481 e. The molecular weight excluding hydrogens is 244 g/mol. The smallest absolute Gasteiger partial charge is 0.267 e. The number of nitrogens with one attached hydrogen (secondary N) is 1. The van der Waals surface area contributed by atoms with Crippen molar-refractivity contribution >= 4 is 22.7 Å². The number of carbonyl (C=O) groups is 2. The number of fused-ring (bicyclic) bond motifs is 1. The second kappa shape index (κ2) is 4.42. The highest BCUT2D eigenvalue weighted by molar-refractivity contribution is 6.00. The van der Waals surface area contributed by atoms with Crippen molar-refractivity contribution in [3.05, 3.63) is 30.5 Å². The second-order valence-electron chi connectivity index (χ2n) is 4.70. The Morgan fingerprint density at radius 1 is 1.32 bits per heavy atom. The first kappa shape index (κ1) is 11.8. The number of hydrogen-bond donors (Lipinski definition) is 1. The molecule has 1 N–H and O–H groups in total. The van der Waals surface area contributed by atoms with Gasteiger partial charge in [-0.1, -0.05) is 0 Å². The second-order valence-corrected chi connectivity index (χ2v) is 4.70.